The van der Waals surface area contributed by atoms with E-state index in [4.69, 9.17) is 15.2 Å². The Hall–Kier alpha value is -1.40. The molecule has 1 aromatic heterocycles. The molecule has 2 atom stereocenters. The Kier molecular flexibility index (Phi) is 4.15. The van der Waals surface area contributed by atoms with Gasteiger partial charge < -0.3 is 15.2 Å². The molecule has 2 unspecified atom stereocenters. The molecule has 0 saturated carbocycles. The zero-order valence-corrected chi connectivity index (χ0v) is 12.4. The summed E-state index contributed by atoms with van der Waals surface area (Å²) in [5.74, 6) is -0.201. The van der Waals surface area contributed by atoms with Crippen LogP contribution < -0.4 is 15.2 Å². The van der Waals surface area contributed by atoms with Crippen molar-refractivity contribution in [2.45, 2.75) is 38.5 Å². The smallest absolute Gasteiger partial charge is 0.250 e. The number of aromatic nitrogens is 1. The molecular weight excluding hydrogens is 261 g/mol. The van der Waals surface area contributed by atoms with Crippen LogP contribution >= 0.6 is 0 Å². The number of hydrogen-bond donors (Lipinski definition) is 1. The molecule has 0 spiro atoms. The Morgan fingerprint density at radius 1 is 1.40 bits per heavy atom. The lowest BCUT2D eigenvalue weighted by Gasteiger charge is -2.31. The molecule has 5 nitrogen and oxygen atoms in total. The van der Waals surface area contributed by atoms with Crippen LogP contribution in [-0.2, 0) is 0 Å². The van der Waals surface area contributed by atoms with Gasteiger partial charge in [0.25, 0.3) is 0 Å². The van der Waals surface area contributed by atoms with Crippen molar-refractivity contribution in [1.29, 1.82) is 0 Å². The highest BCUT2D eigenvalue weighted by Gasteiger charge is 2.37. The van der Waals surface area contributed by atoms with Gasteiger partial charge in [0.2, 0.25) is 5.88 Å². The summed E-state index contributed by atoms with van der Waals surface area (Å²) in [6.45, 7) is 7.89. The maximum Gasteiger partial charge on any atom is 0.250 e. The second-order valence-corrected chi connectivity index (χ2v) is 6.06. The summed E-state index contributed by atoms with van der Waals surface area (Å²) in [7, 11) is 1.38. The first-order chi connectivity index (χ1) is 9.31. The molecule has 6 heteroatoms. The fraction of sp³-hybridized carbons (Fsp3) is 0.643. The monoisotopic (exact) mass is 283 g/mol. The van der Waals surface area contributed by atoms with E-state index in [0.717, 1.165) is 13.1 Å². The summed E-state index contributed by atoms with van der Waals surface area (Å²) < 4.78 is 24.1. The van der Waals surface area contributed by atoms with Crippen LogP contribution in [0.2, 0.25) is 0 Å². The molecule has 1 aliphatic heterocycles. The van der Waals surface area contributed by atoms with Crippen LogP contribution in [0.3, 0.4) is 0 Å². The maximum atomic E-state index is 13.6. The third-order valence-corrected chi connectivity index (χ3v) is 3.52. The van der Waals surface area contributed by atoms with E-state index in [2.05, 4.69) is 30.7 Å². The van der Waals surface area contributed by atoms with Crippen LogP contribution in [0.15, 0.2) is 12.3 Å². The standard InChI is InChI=1S/C14H22FN3O2/c1-14(2,3)18-7-11(16)12(8-18)20-9-5-10(15)13(19-4)17-6-9/h5-6,11-12H,7-8,16H2,1-4H3. The summed E-state index contributed by atoms with van der Waals surface area (Å²) in [5, 5.41) is 0. The Morgan fingerprint density at radius 2 is 2.10 bits per heavy atom. The van der Waals surface area contributed by atoms with Gasteiger partial charge in [-0.25, -0.2) is 9.37 Å². The Balaban J connectivity index is 2.05. The zero-order chi connectivity index (χ0) is 14.9. The van der Waals surface area contributed by atoms with Gasteiger partial charge in [0.1, 0.15) is 11.9 Å². The van der Waals surface area contributed by atoms with Crippen molar-refractivity contribution in [2.24, 2.45) is 5.73 Å². The molecule has 0 aromatic carbocycles. The van der Waals surface area contributed by atoms with Crippen LogP contribution in [-0.4, -0.2) is 47.8 Å². The zero-order valence-electron chi connectivity index (χ0n) is 12.4. The third-order valence-electron chi connectivity index (χ3n) is 3.52. The molecule has 1 aromatic rings. The van der Waals surface area contributed by atoms with E-state index in [1.54, 1.807) is 0 Å². The predicted molar refractivity (Wildman–Crippen MR) is 74.5 cm³/mol. The first-order valence-corrected chi connectivity index (χ1v) is 6.68. The molecule has 112 valence electrons. The van der Waals surface area contributed by atoms with Gasteiger partial charge in [0, 0.05) is 24.7 Å². The van der Waals surface area contributed by atoms with Gasteiger partial charge >= 0.3 is 0 Å². The minimum absolute atomic E-state index is 0.0376. The summed E-state index contributed by atoms with van der Waals surface area (Å²) in [5.41, 5.74) is 6.14. The summed E-state index contributed by atoms with van der Waals surface area (Å²) >= 11 is 0. The van der Waals surface area contributed by atoms with Crippen molar-refractivity contribution >= 4 is 0 Å². The molecular formula is C14H22FN3O2. The Morgan fingerprint density at radius 3 is 2.60 bits per heavy atom. The highest BCUT2D eigenvalue weighted by atomic mass is 19.1. The number of likely N-dealkylation sites (tertiary alicyclic amines) is 1. The van der Waals surface area contributed by atoms with Crippen molar-refractivity contribution in [1.82, 2.24) is 9.88 Å². The largest absolute Gasteiger partial charge is 0.486 e. The number of pyridine rings is 1. The van der Waals surface area contributed by atoms with Crippen molar-refractivity contribution in [3.05, 3.63) is 18.1 Å². The van der Waals surface area contributed by atoms with E-state index >= 15 is 0 Å². The molecule has 2 rings (SSSR count). The Labute approximate surface area is 118 Å². The third kappa shape index (κ3) is 3.19. The van der Waals surface area contributed by atoms with Crippen molar-refractivity contribution in [3.8, 4) is 11.6 Å². The lowest BCUT2D eigenvalue weighted by Crippen LogP contribution is -2.40. The quantitative estimate of drug-likeness (QED) is 0.909. The lowest BCUT2D eigenvalue weighted by molar-refractivity contribution is 0.139. The van der Waals surface area contributed by atoms with Crippen LogP contribution in [0.25, 0.3) is 0 Å². The minimum Gasteiger partial charge on any atom is -0.486 e. The first kappa shape index (κ1) is 15.0. The summed E-state index contributed by atoms with van der Waals surface area (Å²) in [6.07, 6.45) is 1.29. The normalized spacial score (nSPS) is 23.9. The van der Waals surface area contributed by atoms with Gasteiger partial charge in [-0.15, -0.1) is 0 Å². The van der Waals surface area contributed by atoms with Gasteiger partial charge in [-0.05, 0) is 20.8 Å². The number of halogens is 1. The second-order valence-electron chi connectivity index (χ2n) is 6.06. The number of rotatable bonds is 3. The molecule has 1 saturated heterocycles. The van der Waals surface area contributed by atoms with Gasteiger partial charge in [0.15, 0.2) is 5.82 Å². The fourth-order valence-corrected chi connectivity index (χ4v) is 2.27. The van der Waals surface area contributed by atoms with E-state index in [9.17, 15) is 4.39 Å². The van der Waals surface area contributed by atoms with Gasteiger partial charge in [0.05, 0.1) is 19.3 Å². The van der Waals surface area contributed by atoms with E-state index in [1.165, 1.54) is 19.4 Å². The molecule has 2 heterocycles. The summed E-state index contributed by atoms with van der Waals surface area (Å²) in [6, 6.07) is 1.18. The van der Waals surface area contributed by atoms with Crippen molar-refractivity contribution in [2.75, 3.05) is 20.2 Å². The molecule has 0 bridgehead atoms. The SMILES string of the molecule is COc1ncc(OC2CN(C(C)(C)C)CC2N)cc1F. The topological polar surface area (TPSA) is 60.6 Å². The van der Waals surface area contributed by atoms with Crippen LogP contribution in [0, 0.1) is 5.82 Å². The predicted octanol–water partition coefficient (Wildman–Crippen LogP) is 1.42. The highest BCUT2D eigenvalue weighted by molar-refractivity contribution is 5.25. The number of nitrogens with zero attached hydrogens (tertiary/aromatic N) is 2. The van der Waals surface area contributed by atoms with Gasteiger partial charge in [-0.2, -0.15) is 0 Å². The van der Waals surface area contributed by atoms with Crippen LogP contribution in [0.5, 0.6) is 11.6 Å². The molecule has 0 aliphatic carbocycles. The van der Waals surface area contributed by atoms with E-state index in [-0.39, 0.29) is 23.6 Å². The molecule has 0 radical (unpaired) electrons. The van der Waals surface area contributed by atoms with E-state index in [1.807, 2.05) is 0 Å². The molecule has 1 fully saturated rings. The molecule has 20 heavy (non-hydrogen) atoms. The van der Waals surface area contributed by atoms with Gasteiger partial charge in [-0.3, -0.25) is 4.90 Å². The van der Waals surface area contributed by atoms with E-state index < -0.39 is 5.82 Å². The van der Waals surface area contributed by atoms with Crippen molar-refractivity contribution in [3.63, 3.8) is 0 Å². The minimum atomic E-state index is -0.538. The summed E-state index contributed by atoms with van der Waals surface area (Å²) in [4.78, 5) is 6.11. The number of nitrogens with two attached hydrogens (primary N) is 1. The average Bonchev–Trinajstić information content (AvgIpc) is 2.71. The number of methoxy groups -OCH3 is 1. The molecule has 0 amide bonds. The maximum absolute atomic E-state index is 13.6. The second kappa shape index (κ2) is 5.54. The van der Waals surface area contributed by atoms with Gasteiger partial charge in [-0.1, -0.05) is 0 Å². The average molecular weight is 283 g/mol. The van der Waals surface area contributed by atoms with Crippen molar-refractivity contribution < 1.29 is 13.9 Å². The van der Waals surface area contributed by atoms with E-state index in [0.29, 0.717) is 5.75 Å². The highest BCUT2D eigenvalue weighted by Crippen LogP contribution is 2.25. The fourth-order valence-electron chi connectivity index (χ4n) is 2.27. The first-order valence-electron chi connectivity index (χ1n) is 6.68. The lowest BCUT2D eigenvalue weighted by atomic mass is 10.1. The number of ether oxygens (including phenoxy) is 2. The molecule has 2 N–H and O–H groups in total. The molecule has 1 aliphatic rings. The van der Waals surface area contributed by atoms with Crippen LogP contribution in [0.4, 0.5) is 4.39 Å². The number of hydrogen-bond acceptors (Lipinski definition) is 5. The van der Waals surface area contributed by atoms with Crippen LogP contribution in [0.1, 0.15) is 20.8 Å². The Bertz CT molecular complexity index is 476.